The Morgan fingerprint density at radius 1 is 1.18 bits per heavy atom. The van der Waals surface area contributed by atoms with E-state index < -0.39 is 5.97 Å². The Morgan fingerprint density at radius 3 is 2.64 bits per heavy atom. The largest absolute Gasteiger partial charge is 0.402 e. The summed E-state index contributed by atoms with van der Waals surface area (Å²) in [5, 5.41) is 0.573. The van der Waals surface area contributed by atoms with Gasteiger partial charge in [-0.2, -0.15) is 0 Å². The van der Waals surface area contributed by atoms with E-state index in [-0.39, 0.29) is 5.90 Å². The number of ether oxygens (including phenoxy) is 1. The van der Waals surface area contributed by atoms with Gasteiger partial charge in [0.05, 0.1) is 0 Å². The summed E-state index contributed by atoms with van der Waals surface area (Å²) in [6.07, 6.45) is 2.70. The summed E-state index contributed by atoms with van der Waals surface area (Å²) in [6.45, 7) is 2.10. The third-order valence-electron chi connectivity index (χ3n) is 3.38. The van der Waals surface area contributed by atoms with Gasteiger partial charge in [0.25, 0.3) is 0 Å². The van der Waals surface area contributed by atoms with Gasteiger partial charge in [0, 0.05) is 10.6 Å². The van der Waals surface area contributed by atoms with E-state index in [0.29, 0.717) is 16.3 Å². The van der Waals surface area contributed by atoms with Crippen molar-refractivity contribution in [2.75, 3.05) is 0 Å². The molecule has 3 rings (SSSR count). The first-order chi connectivity index (χ1) is 10.7. The number of benzene rings is 2. The summed E-state index contributed by atoms with van der Waals surface area (Å²) in [7, 11) is 0. The molecule has 4 heteroatoms. The molecule has 0 atom stereocenters. The van der Waals surface area contributed by atoms with Gasteiger partial charge in [-0.1, -0.05) is 48.9 Å². The normalized spacial score (nSPS) is 15.8. The van der Waals surface area contributed by atoms with Crippen LogP contribution in [0.25, 0.3) is 6.08 Å². The summed E-state index contributed by atoms with van der Waals surface area (Å²) in [4.78, 5) is 16.2. The molecule has 0 radical (unpaired) electrons. The molecule has 0 amide bonds. The van der Waals surface area contributed by atoms with Gasteiger partial charge in [0.2, 0.25) is 5.90 Å². The highest BCUT2D eigenvalue weighted by molar-refractivity contribution is 6.31. The number of aryl methyl sites for hydroxylation is 1. The maximum atomic E-state index is 11.9. The van der Waals surface area contributed by atoms with Crippen LogP contribution in [0, 0.1) is 0 Å². The summed E-state index contributed by atoms with van der Waals surface area (Å²) in [5.74, 6) is -0.168. The van der Waals surface area contributed by atoms with E-state index >= 15 is 0 Å². The molecule has 1 aliphatic heterocycles. The lowest BCUT2D eigenvalue weighted by Crippen LogP contribution is -2.05. The number of carbonyl (C=O) groups excluding carboxylic acids is 1. The Labute approximate surface area is 133 Å². The van der Waals surface area contributed by atoms with Crippen LogP contribution in [-0.4, -0.2) is 11.9 Å². The van der Waals surface area contributed by atoms with Gasteiger partial charge in [-0.15, -0.1) is 0 Å². The van der Waals surface area contributed by atoms with Crippen LogP contribution in [0.3, 0.4) is 0 Å². The van der Waals surface area contributed by atoms with Gasteiger partial charge in [0.1, 0.15) is 0 Å². The van der Waals surface area contributed by atoms with Crippen LogP contribution in [0.5, 0.6) is 0 Å². The van der Waals surface area contributed by atoms with Crippen molar-refractivity contribution < 1.29 is 9.53 Å². The van der Waals surface area contributed by atoms with E-state index in [9.17, 15) is 4.79 Å². The SMILES string of the molecule is CCc1ccc(C=C2N=C(c3cccc(Cl)c3)OC2=O)cc1. The molecule has 1 heterocycles. The zero-order valence-electron chi connectivity index (χ0n) is 12.0. The second-order valence-electron chi connectivity index (χ2n) is 4.94. The van der Waals surface area contributed by atoms with Crippen LogP contribution in [-0.2, 0) is 16.0 Å². The molecule has 2 aromatic rings. The zero-order valence-corrected chi connectivity index (χ0v) is 12.8. The fraction of sp³-hybridized carbons (Fsp3) is 0.111. The molecular weight excluding hydrogens is 298 g/mol. The number of esters is 1. The van der Waals surface area contributed by atoms with Crippen molar-refractivity contribution in [3.63, 3.8) is 0 Å². The van der Waals surface area contributed by atoms with Gasteiger partial charge >= 0.3 is 5.97 Å². The Kier molecular flexibility index (Phi) is 4.07. The van der Waals surface area contributed by atoms with E-state index in [4.69, 9.17) is 16.3 Å². The van der Waals surface area contributed by atoms with Crippen LogP contribution < -0.4 is 0 Å². The zero-order chi connectivity index (χ0) is 15.5. The minimum Gasteiger partial charge on any atom is -0.402 e. The number of halogens is 1. The summed E-state index contributed by atoms with van der Waals surface area (Å²) >= 11 is 5.94. The van der Waals surface area contributed by atoms with E-state index in [1.54, 1.807) is 30.3 Å². The first-order valence-corrected chi connectivity index (χ1v) is 7.41. The number of nitrogens with zero attached hydrogens (tertiary/aromatic N) is 1. The van der Waals surface area contributed by atoms with Crippen LogP contribution in [0.2, 0.25) is 5.02 Å². The Bertz CT molecular complexity index is 776. The van der Waals surface area contributed by atoms with Crippen molar-refractivity contribution in [3.05, 3.63) is 75.9 Å². The Morgan fingerprint density at radius 2 is 1.95 bits per heavy atom. The summed E-state index contributed by atoms with van der Waals surface area (Å²) in [5.41, 5.74) is 3.14. The van der Waals surface area contributed by atoms with E-state index in [0.717, 1.165) is 12.0 Å². The average molecular weight is 312 g/mol. The Hall–Kier alpha value is -2.39. The molecule has 0 fully saturated rings. The lowest BCUT2D eigenvalue weighted by molar-refractivity contribution is -0.129. The molecule has 0 saturated heterocycles. The molecule has 2 aromatic carbocycles. The van der Waals surface area contributed by atoms with E-state index in [1.807, 2.05) is 24.3 Å². The number of aliphatic imine (C=N–C) groups is 1. The van der Waals surface area contributed by atoms with Gasteiger partial charge < -0.3 is 4.74 Å². The fourth-order valence-corrected chi connectivity index (χ4v) is 2.35. The first-order valence-electron chi connectivity index (χ1n) is 7.03. The van der Waals surface area contributed by atoms with Gasteiger partial charge in [-0.25, -0.2) is 9.79 Å². The number of rotatable bonds is 3. The fourth-order valence-electron chi connectivity index (χ4n) is 2.16. The molecule has 22 heavy (non-hydrogen) atoms. The molecule has 0 bridgehead atoms. The van der Waals surface area contributed by atoms with Gasteiger partial charge in [0.15, 0.2) is 5.70 Å². The van der Waals surface area contributed by atoms with Crippen molar-refractivity contribution in [1.29, 1.82) is 0 Å². The smallest absolute Gasteiger partial charge is 0.363 e. The highest BCUT2D eigenvalue weighted by Gasteiger charge is 2.24. The standard InChI is InChI=1S/C18H14ClNO2/c1-2-12-6-8-13(9-7-12)10-16-18(21)22-17(20-16)14-4-3-5-15(19)11-14/h3-11H,2H2,1H3. The van der Waals surface area contributed by atoms with Crippen molar-refractivity contribution >= 4 is 29.5 Å². The van der Waals surface area contributed by atoms with E-state index in [2.05, 4.69) is 11.9 Å². The second-order valence-corrected chi connectivity index (χ2v) is 5.38. The molecule has 0 aromatic heterocycles. The molecule has 0 aliphatic carbocycles. The molecule has 110 valence electrons. The maximum absolute atomic E-state index is 11.9. The minimum atomic E-state index is -0.449. The van der Waals surface area contributed by atoms with Gasteiger partial charge in [-0.05, 0) is 41.8 Å². The summed E-state index contributed by atoms with van der Waals surface area (Å²) in [6, 6.07) is 15.1. The van der Waals surface area contributed by atoms with Crippen LogP contribution in [0.1, 0.15) is 23.6 Å². The topological polar surface area (TPSA) is 38.7 Å². The maximum Gasteiger partial charge on any atom is 0.363 e. The second kappa shape index (κ2) is 6.16. The highest BCUT2D eigenvalue weighted by atomic mass is 35.5. The lowest BCUT2D eigenvalue weighted by atomic mass is 10.1. The Balaban J connectivity index is 1.90. The molecular formula is C18H14ClNO2. The van der Waals surface area contributed by atoms with Crippen molar-refractivity contribution in [2.45, 2.75) is 13.3 Å². The van der Waals surface area contributed by atoms with Crippen molar-refractivity contribution in [1.82, 2.24) is 0 Å². The van der Waals surface area contributed by atoms with Crippen LogP contribution in [0.15, 0.2) is 59.2 Å². The highest BCUT2D eigenvalue weighted by Crippen LogP contribution is 2.21. The van der Waals surface area contributed by atoms with Gasteiger partial charge in [-0.3, -0.25) is 0 Å². The number of carbonyl (C=O) groups is 1. The monoisotopic (exact) mass is 311 g/mol. The summed E-state index contributed by atoms with van der Waals surface area (Å²) < 4.78 is 5.22. The minimum absolute atomic E-state index is 0.281. The average Bonchev–Trinajstić information content (AvgIpc) is 2.89. The van der Waals surface area contributed by atoms with Crippen molar-refractivity contribution in [2.24, 2.45) is 4.99 Å². The molecule has 3 nitrogen and oxygen atoms in total. The number of hydrogen-bond donors (Lipinski definition) is 0. The predicted molar refractivity (Wildman–Crippen MR) is 87.9 cm³/mol. The molecule has 0 unspecified atom stereocenters. The molecule has 1 aliphatic rings. The quantitative estimate of drug-likeness (QED) is 0.628. The van der Waals surface area contributed by atoms with E-state index in [1.165, 1.54) is 5.56 Å². The van der Waals surface area contributed by atoms with Crippen LogP contribution >= 0.6 is 11.6 Å². The van der Waals surface area contributed by atoms with Crippen LogP contribution in [0.4, 0.5) is 0 Å². The first kappa shape index (κ1) is 14.5. The predicted octanol–water partition coefficient (Wildman–Crippen LogP) is 4.25. The third-order valence-corrected chi connectivity index (χ3v) is 3.62. The third kappa shape index (κ3) is 3.10. The number of cyclic esters (lactones) is 1. The molecule has 0 spiro atoms. The molecule has 0 saturated carbocycles. The lowest BCUT2D eigenvalue weighted by Gasteiger charge is -1.99. The number of hydrogen-bond acceptors (Lipinski definition) is 3. The molecule has 0 N–H and O–H groups in total. The van der Waals surface area contributed by atoms with Crippen molar-refractivity contribution in [3.8, 4) is 0 Å².